The van der Waals surface area contributed by atoms with Crippen LogP contribution < -0.4 is 0 Å². The van der Waals surface area contributed by atoms with Crippen molar-refractivity contribution >= 4 is 12.6 Å². The molecule has 1 aliphatic rings. The lowest BCUT2D eigenvalue weighted by atomic mass is 10.0. The molecule has 0 saturated heterocycles. The van der Waals surface area contributed by atoms with Gasteiger partial charge in [-0.1, -0.05) is 43.2 Å². The number of hydrogen-bond donors (Lipinski definition) is 1. The van der Waals surface area contributed by atoms with E-state index in [1.165, 1.54) is 31.2 Å². The Balaban J connectivity index is 1.75. The molecule has 0 radical (unpaired) electrons. The van der Waals surface area contributed by atoms with Crippen LogP contribution in [0.2, 0.25) is 0 Å². The lowest BCUT2D eigenvalue weighted by Gasteiger charge is -2.17. The van der Waals surface area contributed by atoms with Crippen LogP contribution in [-0.4, -0.2) is 19.0 Å². The molecular weight excluding hydrogens is 228 g/mol. The highest BCUT2D eigenvalue weighted by Gasteiger charge is 2.16. The topological polar surface area (TPSA) is 9.23 Å². The molecule has 1 fully saturated rings. The molecule has 1 aliphatic carbocycles. The largest absolute Gasteiger partial charge is 0.380 e. The third kappa shape index (κ3) is 4.04. The zero-order chi connectivity index (χ0) is 11.9. The van der Waals surface area contributed by atoms with Gasteiger partial charge < -0.3 is 4.74 Å². The monoisotopic (exact) mass is 250 g/mol. The van der Waals surface area contributed by atoms with E-state index in [2.05, 4.69) is 43.0 Å². The molecular formula is C15H22OS. The summed E-state index contributed by atoms with van der Waals surface area (Å²) in [5, 5.41) is 0. The number of ether oxygens (including phenoxy) is 1. The van der Waals surface area contributed by atoms with Crippen molar-refractivity contribution in [2.45, 2.75) is 31.6 Å². The first-order valence-electron chi connectivity index (χ1n) is 6.63. The number of rotatable bonds is 6. The van der Waals surface area contributed by atoms with Crippen molar-refractivity contribution in [3.63, 3.8) is 0 Å². The molecule has 0 aromatic heterocycles. The van der Waals surface area contributed by atoms with E-state index >= 15 is 0 Å². The smallest absolute Gasteiger partial charge is 0.0542 e. The summed E-state index contributed by atoms with van der Waals surface area (Å²) in [4.78, 5) is 0. The second kappa shape index (κ2) is 7.07. The fraction of sp³-hybridized carbons (Fsp3) is 0.600. The van der Waals surface area contributed by atoms with E-state index in [1.54, 1.807) is 0 Å². The van der Waals surface area contributed by atoms with Gasteiger partial charge in [0.15, 0.2) is 0 Å². The van der Waals surface area contributed by atoms with Gasteiger partial charge in [-0.15, -0.1) is 0 Å². The first kappa shape index (κ1) is 13.0. The van der Waals surface area contributed by atoms with Gasteiger partial charge in [0.05, 0.1) is 6.61 Å². The Morgan fingerprint density at radius 1 is 1.18 bits per heavy atom. The number of hydrogen-bond acceptors (Lipinski definition) is 2. The van der Waals surface area contributed by atoms with Crippen molar-refractivity contribution in [1.82, 2.24) is 0 Å². The molecule has 0 N–H and O–H groups in total. The zero-order valence-corrected chi connectivity index (χ0v) is 11.2. The lowest BCUT2D eigenvalue weighted by Crippen LogP contribution is -2.13. The normalized spacial score (nSPS) is 18.4. The minimum absolute atomic E-state index is 0.431. The van der Waals surface area contributed by atoms with Gasteiger partial charge in [-0.3, -0.25) is 0 Å². The predicted octanol–water partition coefficient (Wildman–Crippen LogP) is 3.91. The van der Waals surface area contributed by atoms with Gasteiger partial charge in [0, 0.05) is 12.5 Å². The van der Waals surface area contributed by atoms with Crippen molar-refractivity contribution in [3.05, 3.63) is 35.9 Å². The van der Waals surface area contributed by atoms with Crippen molar-refractivity contribution in [2.24, 2.45) is 5.92 Å². The molecule has 0 aliphatic heterocycles. The predicted molar refractivity (Wildman–Crippen MR) is 75.8 cm³/mol. The lowest BCUT2D eigenvalue weighted by molar-refractivity contribution is 0.0932. The Labute approximate surface area is 110 Å². The molecule has 1 aromatic rings. The summed E-state index contributed by atoms with van der Waals surface area (Å²) in [5.41, 5.74) is 1.34. The second-order valence-electron chi connectivity index (χ2n) is 4.98. The average Bonchev–Trinajstić information content (AvgIpc) is 2.89. The maximum Gasteiger partial charge on any atom is 0.0542 e. The van der Waals surface area contributed by atoms with Crippen LogP contribution in [0, 0.1) is 5.92 Å². The Bertz CT molecular complexity index is 306. The highest BCUT2D eigenvalue weighted by Crippen LogP contribution is 2.25. The van der Waals surface area contributed by atoms with Gasteiger partial charge in [0.1, 0.15) is 0 Å². The highest BCUT2D eigenvalue weighted by molar-refractivity contribution is 7.80. The summed E-state index contributed by atoms with van der Waals surface area (Å²) in [6.07, 6.45) is 5.50. The summed E-state index contributed by atoms with van der Waals surface area (Å²) < 4.78 is 5.88. The molecule has 1 unspecified atom stereocenters. The van der Waals surface area contributed by atoms with Crippen LogP contribution in [0.15, 0.2) is 30.3 Å². The number of benzene rings is 1. The third-order valence-electron chi connectivity index (χ3n) is 3.64. The van der Waals surface area contributed by atoms with Gasteiger partial charge in [-0.2, -0.15) is 12.6 Å². The molecule has 1 saturated carbocycles. The SMILES string of the molecule is SCC(COCC1CCCC1)c1ccccc1. The van der Waals surface area contributed by atoms with Crippen LogP contribution in [0.4, 0.5) is 0 Å². The van der Waals surface area contributed by atoms with E-state index in [0.29, 0.717) is 5.92 Å². The second-order valence-corrected chi connectivity index (χ2v) is 5.34. The number of thiol groups is 1. The molecule has 1 aromatic carbocycles. The standard InChI is InChI=1S/C15H22OS/c17-12-15(14-8-2-1-3-9-14)11-16-10-13-6-4-5-7-13/h1-3,8-9,13,15,17H,4-7,10-12H2. The molecule has 17 heavy (non-hydrogen) atoms. The summed E-state index contributed by atoms with van der Waals surface area (Å²) in [6.45, 7) is 1.75. The van der Waals surface area contributed by atoms with E-state index in [0.717, 1.165) is 24.9 Å². The highest BCUT2D eigenvalue weighted by atomic mass is 32.1. The van der Waals surface area contributed by atoms with Crippen LogP contribution >= 0.6 is 12.6 Å². The van der Waals surface area contributed by atoms with Crippen molar-refractivity contribution in [2.75, 3.05) is 19.0 Å². The van der Waals surface area contributed by atoms with E-state index in [9.17, 15) is 0 Å². The van der Waals surface area contributed by atoms with Crippen LogP contribution in [0.5, 0.6) is 0 Å². The van der Waals surface area contributed by atoms with Crippen LogP contribution in [0.1, 0.15) is 37.2 Å². The maximum atomic E-state index is 5.88. The van der Waals surface area contributed by atoms with Gasteiger partial charge in [-0.05, 0) is 30.1 Å². The first-order chi connectivity index (χ1) is 8.40. The molecule has 1 atom stereocenters. The fourth-order valence-corrected chi connectivity index (χ4v) is 2.85. The minimum Gasteiger partial charge on any atom is -0.380 e. The molecule has 1 nitrogen and oxygen atoms in total. The van der Waals surface area contributed by atoms with Crippen molar-refractivity contribution in [1.29, 1.82) is 0 Å². The Morgan fingerprint density at radius 2 is 1.88 bits per heavy atom. The van der Waals surface area contributed by atoms with Crippen LogP contribution in [0.3, 0.4) is 0 Å². The molecule has 2 heteroatoms. The van der Waals surface area contributed by atoms with Gasteiger partial charge in [0.2, 0.25) is 0 Å². The average molecular weight is 250 g/mol. The molecule has 0 amide bonds. The first-order valence-corrected chi connectivity index (χ1v) is 7.27. The van der Waals surface area contributed by atoms with E-state index in [1.807, 2.05) is 0 Å². The van der Waals surface area contributed by atoms with E-state index in [4.69, 9.17) is 4.74 Å². The Hall–Kier alpha value is -0.470. The van der Waals surface area contributed by atoms with Gasteiger partial charge in [0.25, 0.3) is 0 Å². The van der Waals surface area contributed by atoms with Crippen LogP contribution in [0.25, 0.3) is 0 Å². The molecule has 94 valence electrons. The summed E-state index contributed by atoms with van der Waals surface area (Å²) in [7, 11) is 0. The summed E-state index contributed by atoms with van der Waals surface area (Å²) >= 11 is 4.43. The van der Waals surface area contributed by atoms with Crippen LogP contribution in [-0.2, 0) is 4.74 Å². The third-order valence-corrected chi connectivity index (χ3v) is 4.08. The molecule has 0 spiro atoms. The van der Waals surface area contributed by atoms with Crippen molar-refractivity contribution in [3.8, 4) is 0 Å². The van der Waals surface area contributed by atoms with Gasteiger partial charge in [-0.25, -0.2) is 0 Å². The molecule has 0 bridgehead atoms. The summed E-state index contributed by atoms with van der Waals surface area (Å²) in [6, 6.07) is 10.6. The maximum absolute atomic E-state index is 5.88. The molecule has 2 rings (SSSR count). The molecule has 0 heterocycles. The van der Waals surface area contributed by atoms with Gasteiger partial charge >= 0.3 is 0 Å². The minimum atomic E-state index is 0.431. The van der Waals surface area contributed by atoms with E-state index < -0.39 is 0 Å². The quantitative estimate of drug-likeness (QED) is 0.753. The fourth-order valence-electron chi connectivity index (χ4n) is 2.53. The zero-order valence-electron chi connectivity index (χ0n) is 10.3. The summed E-state index contributed by atoms with van der Waals surface area (Å²) in [5.74, 6) is 2.10. The Morgan fingerprint density at radius 3 is 2.53 bits per heavy atom. The Kier molecular flexibility index (Phi) is 5.40. The van der Waals surface area contributed by atoms with Crippen molar-refractivity contribution < 1.29 is 4.74 Å². The van der Waals surface area contributed by atoms with E-state index in [-0.39, 0.29) is 0 Å².